The first-order valence-electron chi connectivity index (χ1n) is 12.1. The standard InChI is InChI=1S/C27H25ClF2N4O3S/c1-15-2-4-18(28)13-24(15)38(36,37)34-23-11-9-21(29)25(26(23)30)16-3-10-22-17(12-16)14-31-27(33-22)32-19-5-7-20(35)8-6-19/h2-4,9-14,19-20,34-35H,5-8H2,1H3,(H,31,32,33). The largest absolute Gasteiger partial charge is 0.393 e. The van der Waals surface area contributed by atoms with Crippen LogP contribution in [-0.4, -0.2) is 35.6 Å². The molecule has 38 heavy (non-hydrogen) atoms. The predicted molar refractivity (Wildman–Crippen MR) is 144 cm³/mol. The normalized spacial score (nSPS) is 17.9. The minimum Gasteiger partial charge on any atom is -0.393 e. The molecule has 198 valence electrons. The summed E-state index contributed by atoms with van der Waals surface area (Å²) in [6.07, 6.45) is 4.38. The number of aromatic nitrogens is 2. The minimum atomic E-state index is -4.19. The van der Waals surface area contributed by atoms with Crippen molar-refractivity contribution in [3.63, 3.8) is 0 Å². The van der Waals surface area contributed by atoms with Crippen molar-refractivity contribution >= 4 is 44.2 Å². The lowest BCUT2D eigenvalue weighted by atomic mass is 9.93. The summed E-state index contributed by atoms with van der Waals surface area (Å²) in [6, 6.07) is 11.3. The van der Waals surface area contributed by atoms with Crippen molar-refractivity contribution in [1.29, 1.82) is 0 Å². The highest BCUT2D eigenvalue weighted by Gasteiger charge is 2.23. The highest BCUT2D eigenvalue weighted by molar-refractivity contribution is 7.92. The van der Waals surface area contributed by atoms with Gasteiger partial charge in [0.2, 0.25) is 5.95 Å². The lowest BCUT2D eigenvalue weighted by Gasteiger charge is -2.26. The van der Waals surface area contributed by atoms with Gasteiger partial charge in [-0.2, -0.15) is 0 Å². The van der Waals surface area contributed by atoms with Crippen LogP contribution in [0.4, 0.5) is 20.4 Å². The third-order valence-corrected chi connectivity index (χ3v) is 8.42. The van der Waals surface area contributed by atoms with Crippen molar-refractivity contribution in [2.24, 2.45) is 0 Å². The molecule has 3 aromatic carbocycles. The molecule has 1 aliphatic carbocycles. The Hall–Kier alpha value is -3.34. The van der Waals surface area contributed by atoms with Gasteiger partial charge in [-0.1, -0.05) is 23.7 Å². The molecule has 0 amide bonds. The van der Waals surface area contributed by atoms with E-state index in [0.29, 0.717) is 22.4 Å². The highest BCUT2D eigenvalue weighted by atomic mass is 35.5. The SMILES string of the molecule is Cc1ccc(Cl)cc1S(=O)(=O)Nc1ccc(F)c(-c2ccc3nc(NC4CCC(O)CC4)ncc3c2)c1F. The zero-order chi connectivity index (χ0) is 27.0. The topological polar surface area (TPSA) is 104 Å². The molecule has 0 spiro atoms. The maximum atomic E-state index is 15.5. The van der Waals surface area contributed by atoms with Gasteiger partial charge in [0.15, 0.2) is 5.82 Å². The highest BCUT2D eigenvalue weighted by Crippen LogP contribution is 2.34. The zero-order valence-electron chi connectivity index (χ0n) is 20.4. The van der Waals surface area contributed by atoms with Crippen molar-refractivity contribution in [2.45, 2.75) is 49.6 Å². The number of sulfonamides is 1. The molecule has 1 saturated carbocycles. The first-order chi connectivity index (χ1) is 18.1. The number of anilines is 2. The average Bonchev–Trinajstić information content (AvgIpc) is 2.88. The molecule has 7 nitrogen and oxygen atoms in total. The van der Waals surface area contributed by atoms with Crippen molar-refractivity contribution < 1.29 is 22.3 Å². The van der Waals surface area contributed by atoms with Crippen molar-refractivity contribution in [3.8, 4) is 11.1 Å². The van der Waals surface area contributed by atoms with Crippen LogP contribution >= 0.6 is 11.6 Å². The Morgan fingerprint density at radius 1 is 1.03 bits per heavy atom. The van der Waals surface area contributed by atoms with Gasteiger partial charge in [-0.3, -0.25) is 4.72 Å². The molecule has 0 unspecified atom stereocenters. The fourth-order valence-electron chi connectivity index (χ4n) is 4.62. The van der Waals surface area contributed by atoms with Crippen LogP contribution in [0.3, 0.4) is 0 Å². The summed E-state index contributed by atoms with van der Waals surface area (Å²) in [7, 11) is -4.19. The lowest BCUT2D eigenvalue weighted by Crippen LogP contribution is -2.28. The van der Waals surface area contributed by atoms with Crippen LogP contribution in [0.2, 0.25) is 5.02 Å². The Balaban J connectivity index is 1.44. The molecule has 0 radical (unpaired) electrons. The first kappa shape index (κ1) is 26.3. The maximum Gasteiger partial charge on any atom is 0.262 e. The van der Waals surface area contributed by atoms with E-state index in [1.807, 2.05) is 0 Å². The summed E-state index contributed by atoms with van der Waals surface area (Å²) in [6.45, 7) is 1.59. The van der Waals surface area contributed by atoms with E-state index < -0.39 is 27.3 Å². The molecule has 0 saturated heterocycles. The van der Waals surface area contributed by atoms with Gasteiger partial charge in [0.05, 0.1) is 27.8 Å². The monoisotopic (exact) mass is 558 g/mol. The second kappa shape index (κ2) is 10.4. The number of benzene rings is 3. The molecule has 4 aromatic rings. The zero-order valence-corrected chi connectivity index (χ0v) is 22.0. The van der Waals surface area contributed by atoms with Crippen LogP contribution in [0, 0.1) is 18.6 Å². The van der Waals surface area contributed by atoms with E-state index in [1.54, 1.807) is 37.4 Å². The van der Waals surface area contributed by atoms with Crippen molar-refractivity contribution in [3.05, 3.63) is 76.9 Å². The molecule has 1 aromatic heterocycles. The van der Waals surface area contributed by atoms with E-state index in [0.717, 1.165) is 37.8 Å². The van der Waals surface area contributed by atoms with Crippen LogP contribution in [0.1, 0.15) is 31.2 Å². The molecule has 0 aliphatic heterocycles. The van der Waals surface area contributed by atoms with Crippen LogP contribution in [0.15, 0.2) is 59.6 Å². The number of halogens is 3. The van der Waals surface area contributed by atoms with Crippen molar-refractivity contribution in [2.75, 3.05) is 10.0 Å². The van der Waals surface area contributed by atoms with Gasteiger partial charge in [-0.25, -0.2) is 27.2 Å². The quantitative estimate of drug-likeness (QED) is 0.266. The smallest absolute Gasteiger partial charge is 0.262 e. The second-order valence-corrected chi connectivity index (χ2v) is 11.5. The molecular formula is C27H25ClF2N4O3S. The van der Waals surface area contributed by atoms with E-state index in [9.17, 15) is 17.9 Å². The van der Waals surface area contributed by atoms with Gasteiger partial charge in [-0.05, 0) is 80.1 Å². The van der Waals surface area contributed by atoms with Crippen LogP contribution < -0.4 is 10.0 Å². The number of fused-ring (bicyclic) bond motifs is 1. The Morgan fingerprint density at radius 3 is 2.55 bits per heavy atom. The molecule has 0 atom stereocenters. The number of aliphatic hydroxyl groups excluding tert-OH is 1. The van der Waals surface area contributed by atoms with Gasteiger partial charge in [0.1, 0.15) is 5.82 Å². The summed E-state index contributed by atoms with van der Waals surface area (Å²) >= 11 is 5.96. The third-order valence-electron chi connectivity index (χ3n) is 6.67. The molecular weight excluding hydrogens is 534 g/mol. The third kappa shape index (κ3) is 5.43. The van der Waals surface area contributed by atoms with Gasteiger partial charge in [-0.15, -0.1) is 0 Å². The number of hydrogen-bond acceptors (Lipinski definition) is 6. The molecule has 0 bridgehead atoms. The summed E-state index contributed by atoms with van der Waals surface area (Å²) in [4.78, 5) is 8.74. The molecule has 11 heteroatoms. The fourth-order valence-corrected chi connectivity index (χ4v) is 6.19. The number of rotatable bonds is 6. The summed E-state index contributed by atoms with van der Waals surface area (Å²) in [5.74, 6) is -1.45. The summed E-state index contributed by atoms with van der Waals surface area (Å²) in [5, 5.41) is 13.7. The van der Waals surface area contributed by atoms with Gasteiger partial charge >= 0.3 is 0 Å². The lowest BCUT2D eigenvalue weighted by molar-refractivity contribution is 0.126. The van der Waals surface area contributed by atoms with E-state index >= 15 is 4.39 Å². The van der Waals surface area contributed by atoms with E-state index in [2.05, 4.69) is 20.0 Å². The molecule has 3 N–H and O–H groups in total. The summed E-state index contributed by atoms with van der Waals surface area (Å²) < 4.78 is 58.5. The Kier molecular flexibility index (Phi) is 7.21. The molecule has 5 rings (SSSR count). The number of nitrogens with one attached hydrogen (secondary N) is 2. The van der Waals surface area contributed by atoms with Crippen LogP contribution in [0.25, 0.3) is 22.0 Å². The average molecular weight is 559 g/mol. The van der Waals surface area contributed by atoms with Gasteiger partial charge in [0.25, 0.3) is 10.0 Å². The van der Waals surface area contributed by atoms with Gasteiger partial charge in [0, 0.05) is 22.6 Å². The number of aryl methyl sites for hydroxylation is 1. The fraction of sp³-hybridized carbons (Fsp3) is 0.259. The van der Waals surface area contributed by atoms with Crippen LogP contribution in [-0.2, 0) is 10.0 Å². The second-order valence-electron chi connectivity index (χ2n) is 9.42. The Labute approximate surface area is 224 Å². The first-order valence-corrected chi connectivity index (χ1v) is 14.0. The predicted octanol–water partition coefficient (Wildman–Crippen LogP) is 6.05. The maximum absolute atomic E-state index is 15.5. The Bertz CT molecular complexity index is 1630. The number of aliphatic hydroxyl groups is 1. The van der Waals surface area contributed by atoms with Crippen LogP contribution in [0.5, 0.6) is 0 Å². The van der Waals surface area contributed by atoms with E-state index in [1.165, 1.54) is 12.1 Å². The number of hydrogen-bond donors (Lipinski definition) is 3. The van der Waals surface area contributed by atoms with Crippen molar-refractivity contribution in [1.82, 2.24) is 9.97 Å². The number of nitrogens with zero attached hydrogens (tertiary/aromatic N) is 2. The van der Waals surface area contributed by atoms with E-state index in [4.69, 9.17) is 11.6 Å². The minimum absolute atomic E-state index is 0.105. The molecule has 1 aliphatic rings. The molecule has 1 fully saturated rings. The van der Waals surface area contributed by atoms with Gasteiger partial charge < -0.3 is 10.4 Å². The summed E-state index contributed by atoms with van der Waals surface area (Å²) in [5.41, 5.74) is 0.440. The molecule has 1 heterocycles. The van der Waals surface area contributed by atoms with E-state index in [-0.39, 0.29) is 33.2 Å². The Morgan fingerprint density at radius 2 is 1.79 bits per heavy atom.